The van der Waals surface area contributed by atoms with Crippen LogP contribution in [0.3, 0.4) is 0 Å². The average Bonchev–Trinajstić information content (AvgIpc) is 3.36. The van der Waals surface area contributed by atoms with Crippen molar-refractivity contribution in [2.45, 2.75) is 33.1 Å². The van der Waals surface area contributed by atoms with E-state index in [1.807, 2.05) is 37.8 Å². The minimum absolute atomic E-state index is 0.0407. The minimum atomic E-state index is -0.262. The average molecular weight is 440 g/mol. The lowest BCUT2D eigenvalue weighted by Crippen LogP contribution is -2.28. The van der Waals surface area contributed by atoms with E-state index in [2.05, 4.69) is 15.6 Å². The van der Waals surface area contributed by atoms with Crippen molar-refractivity contribution in [2.24, 2.45) is 0 Å². The molecule has 1 aliphatic heterocycles. The van der Waals surface area contributed by atoms with Crippen LogP contribution in [0.15, 0.2) is 36.4 Å². The van der Waals surface area contributed by atoms with Crippen LogP contribution in [0.5, 0.6) is 0 Å². The molecule has 1 aliphatic rings. The summed E-state index contributed by atoms with van der Waals surface area (Å²) in [6, 6.07) is 10.3. The van der Waals surface area contributed by atoms with E-state index < -0.39 is 0 Å². The highest BCUT2D eigenvalue weighted by atomic mass is 32.1. The number of nitrogens with zero attached hydrogens (tertiary/aromatic N) is 3. The van der Waals surface area contributed by atoms with E-state index in [0.717, 1.165) is 46.6 Å². The van der Waals surface area contributed by atoms with Gasteiger partial charge in [0.15, 0.2) is 5.13 Å². The molecule has 8 heteroatoms. The second kappa shape index (κ2) is 9.01. The summed E-state index contributed by atoms with van der Waals surface area (Å²) in [4.78, 5) is 24.9. The first-order chi connectivity index (χ1) is 14.9. The Morgan fingerprint density at radius 1 is 1.19 bits per heavy atom. The molecule has 1 fully saturated rings. The normalized spacial score (nSPS) is 15.9. The smallest absolute Gasteiger partial charge is 0.265 e. The number of hydrogen-bond donors (Lipinski definition) is 2. The lowest BCUT2D eigenvalue weighted by Gasteiger charge is -2.17. The van der Waals surface area contributed by atoms with Crippen molar-refractivity contribution in [3.05, 3.63) is 64.2 Å². The topological polar surface area (TPSA) is 70.2 Å². The van der Waals surface area contributed by atoms with Crippen molar-refractivity contribution in [3.8, 4) is 0 Å². The molecule has 1 unspecified atom stereocenters. The van der Waals surface area contributed by atoms with E-state index in [1.165, 1.54) is 23.5 Å². The summed E-state index contributed by atoms with van der Waals surface area (Å²) in [6.45, 7) is 7.97. The Kier molecular flexibility index (Phi) is 6.18. The zero-order chi connectivity index (χ0) is 22.0. The number of hydrogen-bond acceptors (Lipinski definition) is 6. The zero-order valence-electron chi connectivity index (χ0n) is 17.9. The summed E-state index contributed by atoms with van der Waals surface area (Å²) < 4.78 is 13.2. The third-order valence-corrected chi connectivity index (χ3v) is 6.42. The van der Waals surface area contributed by atoms with Crippen LogP contribution in [0, 0.1) is 19.7 Å². The van der Waals surface area contributed by atoms with Crippen LogP contribution in [0.4, 0.5) is 20.9 Å². The van der Waals surface area contributed by atoms with Gasteiger partial charge in [0, 0.05) is 48.3 Å². The Bertz CT molecular complexity index is 1080. The summed E-state index contributed by atoms with van der Waals surface area (Å²) >= 11 is 1.42. The van der Waals surface area contributed by atoms with Gasteiger partial charge < -0.3 is 15.5 Å². The third-order valence-electron chi connectivity index (χ3n) is 5.32. The molecule has 0 saturated carbocycles. The minimum Gasteiger partial charge on any atom is -0.362 e. The molecule has 1 amide bonds. The van der Waals surface area contributed by atoms with Gasteiger partial charge in [-0.15, -0.1) is 0 Å². The number of likely N-dealkylation sites (tertiary alicyclic amines) is 1. The fourth-order valence-corrected chi connectivity index (χ4v) is 4.83. The van der Waals surface area contributed by atoms with Crippen LogP contribution in [-0.4, -0.2) is 40.4 Å². The van der Waals surface area contributed by atoms with E-state index in [4.69, 9.17) is 4.98 Å². The third kappa shape index (κ3) is 4.85. The van der Waals surface area contributed by atoms with Gasteiger partial charge in [0.05, 0.1) is 5.69 Å². The van der Waals surface area contributed by atoms with Crippen LogP contribution >= 0.6 is 11.3 Å². The first kappa shape index (κ1) is 21.2. The van der Waals surface area contributed by atoms with Crippen molar-refractivity contribution < 1.29 is 9.18 Å². The van der Waals surface area contributed by atoms with Crippen LogP contribution in [0.2, 0.25) is 0 Å². The van der Waals surface area contributed by atoms with Crippen LogP contribution in [0.1, 0.15) is 46.0 Å². The summed E-state index contributed by atoms with van der Waals surface area (Å²) in [5.41, 5.74) is 4.37. The second-order valence-electron chi connectivity index (χ2n) is 7.75. The molecule has 6 nitrogen and oxygen atoms in total. The maximum absolute atomic E-state index is 13.2. The van der Waals surface area contributed by atoms with E-state index in [1.54, 1.807) is 12.1 Å². The van der Waals surface area contributed by atoms with E-state index >= 15 is 0 Å². The Morgan fingerprint density at radius 3 is 2.71 bits per heavy atom. The molecule has 0 radical (unpaired) electrons. The lowest BCUT2D eigenvalue weighted by molar-refractivity contribution is 0.0794. The molecular formula is C23H26FN5OS. The molecule has 1 saturated heterocycles. The summed E-state index contributed by atoms with van der Waals surface area (Å²) in [6.07, 6.45) is 0.871. The number of pyridine rings is 1. The number of halogens is 1. The van der Waals surface area contributed by atoms with Crippen LogP contribution in [0.25, 0.3) is 0 Å². The highest BCUT2D eigenvalue weighted by Gasteiger charge is 2.31. The highest BCUT2D eigenvalue weighted by molar-refractivity contribution is 7.17. The predicted molar refractivity (Wildman–Crippen MR) is 123 cm³/mol. The highest BCUT2D eigenvalue weighted by Crippen LogP contribution is 2.32. The molecule has 1 atom stereocenters. The molecule has 0 spiro atoms. The van der Waals surface area contributed by atoms with Gasteiger partial charge in [-0.05, 0) is 63.6 Å². The number of carbonyl (C=O) groups excluding carboxylic acids is 1. The summed E-state index contributed by atoms with van der Waals surface area (Å²) in [5.74, 6) is -0.0420. The molecule has 2 N–H and O–H groups in total. The number of anilines is 3. The van der Waals surface area contributed by atoms with Gasteiger partial charge in [0.25, 0.3) is 5.91 Å². The van der Waals surface area contributed by atoms with Gasteiger partial charge in [-0.2, -0.15) is 0 Å². The maximum atomic E-state index is 13.2. The van der Waals surface area contributed by atoms with E-state index in [0.29, 0.717) is 18.0 Å². The number of aromatic nitrogens is 2. The van der Waals surface area contributed by atoms with Gasteiger partial charge in [0.1, 0.15) is 10.7 Å². The number of amides is 1. The molecule has 0 bridgehead atoms. The van der Waals surface area contributed by atoms with Crippen molar-refractivity contribution in [3.63, 3.8) is 0 Å². The van der Waals surface area contributed by atoms with Crippen molar-refractivity contribution in [1.29, 1.82) is 0 Å². The summed E-state index contributed by atoms with van der Waals surface area (Å²) in [5, 5.41) is 7.29. The SMILES string of the molecule is CCNc1nc(C)c(C(=O)N2CCC(c3cc(Nc4ccc(F)cc4)cc(C)n3)C2)s1. The fourth-order valence-electron chi connectivity index (χ4n) is 3.83. The standard InChI is InChI=1S/C23H26FN5OS/c1-4-25-23-27-15(3)21(31-23)22(30)29-10-9-16(13-29)20-12-19(11-14(2)26-20)28-18-7-5-17(24)6-8-18/h5-8,11-12,16H,4,9-10,13H2,1-3H3,(H,25,27)(H,26,28). The van der Waals surface area contributed by atoms with Gasteiger partial charge in [-0.1, -0.05) is 11.3 Å². The molecule has 0 aliphatic carbocycles. The maximum Gasteiger partial charge on any atom is 0.265 e. The number of benzene rings is 1. The molecule has 2 aromatic heterocycles. The first-order valence-corrected chi connectivity index (χ1v) is 11.3. The molecule has 3 aromatic rings. The van der Waals surface area contributed by atoms with Gasteiger partial charge in [0.2, 0.25) is 0 Å². The Morgan fingerprint density at radius 2 is 1.97 bits per heavy atom. The predicted octanol–water partition coefficient (Wildman–Crippen LogP) is 5.10. The first-order valence-electron chi connectivity index (χ1n) is 10.4. The molecule has 4 rings (SSSR count). The van der Waals surface area contributed by atoms with E-state index in [9.17, 15) is 9.18 Å². The molecule has 31 heavy (non-hydrogen) atoms. The number of thiazole rings is 1. The Balaban J connectivity index is 1.48. The largest absolute Gasteiger partial charge is 0.362 e. The molecular weight excluding hydrogens is 413 g/mol. The van der Waals surface area contributed by atoms with Crippen molar-refractivity contribution in [2.75, 3.05) is 30.3 Å². The summed E-state index contributed by atoms with van der Waals surface area (Å²) in [7, 11) is 0. The molecule has 3 heterocycles. The quantitative estimate of drug-likeness (QED) is 0.559. The van der Waals surface area contributed by atoms with Crippen molar-refractivity contribution in [1.82, 2.24) is 14.9 Å². The number of nitrogens with one attached hydrogen (secondary N) is 2. The van der Waals surface area contributed by atoms with Crippen LogP contribution < -0.4 is 10.6 Å². The van der Waals surface area contributed by atoms with E-state index in [-0.39, 0.29) is 17.6 Å². The Labute approximate surface area is 185 Å². The monoisotopic (exact) mass is 439 g/mol. The van der Waals surface area contributed by atoms with Crippen LogP contribution in [-0.2, 0) is 0 Å². The lowest BCUT2D eigenvalue weighted by atomic mass is 10.0. The molecule has 1 aromatic carbocycles. The number of carbonyl (C=O) groups is 1. The number of rotatable bonds is 6. The fraction of sp³-hybridized carbons (Fsp3) is 0.348. The van der Waals surface area contributed by atoms with Crippen molar-refractivity contribution >= 4 is 33.8 Å². The molecule has 162 valence electrons. The van der Waals surface area contributed by atoms with Gasteiger partial charge in [-0.25, -0.2) is 9.37 Å². The Hall–Kier alpha value is -3.00. The zero-order valence-corrected chi connectivity index (χ0v) is 18.7. The van der Waals surface area contributed by atoms with Gasteiger partial charge in [-0.3, -0.25) is 9.78 Å². The van der Waals surface area contributed by atoms with Gasteiger partial charge >= 0.3 is 0 Å². The number of aryl methyl sites for hydroxylation is 2. The second-order valence-corrected chi connectivity index (χ2v) is 8.75.